The summed E-state index contributed by atoms with van der Waals surface area (Å²) in [5, 5.41) is 1.15. The highest BCUT2D eigenvalue weighted by atomic mass is 16.5. The highest BCUT2D eigenvalue weighted by Gasteiger charge is 2.11. The number of esters is 1. The Labute approximate surface area is 176 Å². The minimum Gasteiger partial charge on any atom is -0.488 e. The first kappa shape index (κ1) is 19.8. The lowest BCUT2D eigenvalue weighted by Crippen LogP contribution is -2.03. The molecule has 4 nitrogen and oxygen atoms in total. The van der Waals surface area contributed by atoms with Gasteiger partial charge in [-0.1, -0.05) is 36.4 Å². The molecule has 0 aliphatic heterocycles. The maximum absolute atomic E-state index is 11.6. The molecule has 3 aromatic carbocycles. The second kappa shape index (κ2) is 8.87. The molecule has 4 rings (SSSR count). The van der Waals surface area contributed by atoms with Gasteiger partial charge in [0.1, 0.15) is 12.4 Å². The van der Waals surface area contributed by atoms with Crippen LogP contribution in [0.15, 0.2) is 72.9 Å². The Hall–Kier alpha value is -3.53. The molecule has 0 aliphatic carbocycles. The summed E-state index contributed by atoms with van der Waals surface area (Å²) in [6.07, 6.45) is 2.93. The third-order valence-corrected chi connectivity index (χ3v) is 5.40. The predicted octanol–water partition coefficient (Wildman–Crippen LogP) is 5.83. The zero-order valence-electron chi connectivity index (χ0n) is 17.3. The van der Waals surface area contributed by atoms with Crippen molar-refractivity contribution in [3.8, 4) is 16.9 Å². The smallest absolute Gasteiger partial charge is 0.305 e. The van der Waals surface area contributed by atoms with E-state index in [1.807, 2.05) is 30.5 Å². The normalized spacial score (nSPS) is 10.9. The number of fused-ring (bicyclic) bond motifs is 1. The monoisotopic (exact) mass is 399 g/mol. The molecule has 0 atom stereocenters. The molecule has 4 heteroatoms. The summed E-state index contributed by atoms with van der Waals surface area (Å²) in [6.45, 7) is 2.60. The van der Waals surface area contributed by atoms with Crippen molar-refractivity contribution in [2.45, 2.75) is 26.4 Å². The van der Waals surface area contributed by atoms with Crippen LogP contribution in [-0.2, 0) is 22.6 Å². The van der Waals surface area contributed by atoms with Gasteiger partial charge in [0.15, 0.2) is 0 Å². The van der Waals surface area contributed by atoms with Gasteiger partial charge in [0, 0.05) is 23.7 Å². The Morgan fingerprint density at radius 3 is 2.70 bits per heavy atom. The fourth-order valence-electron chi connectivity index (χ4n) is 3.58. The molecule has 0 saturated heterocycles. The lowest BCUT2D eigenvalue weighted by atomic mass is 9.98. The number of rotatable bonds is 7. The average Bonchev–Trinajstić information content (AvgIpc) is 3.25. The first-order valence-electron chi connectivity index (χ1n) is 10.1. The van der Waals surface area contributed by atoms with Gasteiger partial charge < -0.3 is 14.5 Å². The van der Waals surface area contributed by atoms with Gasteiger partial charge in [0.25, 0.3) is 0 Å². The van der Waals surface area contributed by atoms with E-state index in [9.17, 15) is 4.79 Å². The van der Waals surface area contributed by atoms with Gasteiger partial charge >= 0.3 is 5.97 Å². The number of ether oxygens (including phenoxy) is 2. The van der Waals surface area contributed by atoms with Crippen molar-refractivity contribution in [2.75, 3.05) is 7.11 Å². The zero-order valence-corrected chi connectivity index (χ0v) is 17.3. The number of methoxy groups -OCH3 is 1. The molecule has 0 aliphatic rings. The predicted molar refractivity (Wildman–Crippen MR) is 120 cm³/mol. The number of aryl methyl sites for hydroxylation is 2. The van der Waals surface area contributed by atoms with Crippen LogP contribution in [0.3, 0.4) is 0 Å². The molecule has 0 spiro atoms. The summed E-state index contributed by atoms with van der Waals surface area (Å²) in [5.74, 6) is 0.625. The molecule has 1 N–H and O–H groups in total. The molecule has 1 aromatic heterocycles. The second-order valence-electron chi connectivity index (χ2n) is 7.40. The van der Waals surface area contributed by atoms with Crippen LogP contribution in [0.2, 0.25) is 0 Å². The Morgan fingerprint density at radius 2 is 1.87 bits per heavy atom. The van der Waals surface area contributed by atoms with E-state index in [2.05, 4.69) is 54.4 Å². The van der Waals surface area contributed by atoms with Crippen LogP contribution in [0, 0.1) is 6.92 Å². The molecule has 0 unspecified atom stereocenters. The molecule has 152 valence electrons. The van der Waals surface area contributed by atoms with Crippen LogP contribution in [0.5, 0.6) is 5.75 Å². The van der Waals surface area contributed by atoms with Gasteiger partial charge in [-0.3, -0.25) is 4.79 Å². The number of hydrogen-bond acceptors (Lipinski definition) is 3. The van der Waals surface area contributed by atoms with Crippen LogP contribution < -0.4 is 4.74 Å². The summed E-state index contributed by atoms with van der Waals surface area (Å²) >= 11 is 0. The van der Waals surface area contributed by atoms with Crippen LogP contribution in [0.4, 0.5) is 0 Å². The lowest BCUT2D eigenvalue weighted by Gasteiger charge is -2.15. The molecule has 0 fully saturated rings. The maximum Gasteiger partial charge on any atom is 0.305 e. The quantitative estimate of drug-likeness (QED) is 0.398. The fraction of sp³-hybridized carbons (Fsp3) is 0.192. The molecule has 0 bridgehead atoms. The first-order valence-corrected chi connectivity index (χ1v) is 10.1. The van der Waals surface area contributed by atoms with Gasteiger partial charge in [0.05, 0.1) is 7.11 Å². The van der Waals surface area contributed by atoms with E-state index < -0.39 is 0 Å². The number of carbonyl (C=O) groups is 1. The SMILES string of the molecule is COC(=O)CCc1ccc(OCc2ccccc2C)c(-c2ccc3[nH]ccc3c2)c1. The third-order valence-electron chi connectivity index (χ3n) is 5.40. The van der Waals surface area contributed by atoms with Gasteiger partial charge in [-0.2, -0.15) is 0 Å². The van der Waals surface area contributed by atoms with E-state index in [1.165, 1.54) is 18.2 Å². The summed E-state index contributed by atoms with van der Waals surface area (Å²) in [6, 6.07) is 22.8. The van der Waals surface area contributed by atoms with Crippen molar-refractivity contribution >= 4 is 16.9 Å². The Kier molecular flexibility index (Phi) is 5.84. The highest BCUT2D eigenvalue weighted by molar-refractivity contribution is 5.86. The molecular weight excluding hydrogens is 374 g/mol. The average molecular weight is 399 g/mol. The molecule has 0 radical (unpaired) electrons. The van der Waals surface area contributed by atoms with Crippen molar-refractivity contribution in [2.24, 2.45) is 0 Å². The summed E-state index contributed by atoms with van der Waals surface area (Å²) < 4.78 is 11.0. The summed E-state index contributed by atoms with van der Waals surface area (Å²) in [5.41, 5.74) is 6.66. The fourth-order valence-corrected chi connectivity index (χ4v) is 3.58. The van der Waals surface area contributed by atoms with Crippen molar-refractivity contribution in [1.29, 1.82) is 0 Å². The molecule has 0 amide bonds. The first-order chi connectivity index (χ1) is 14.6. The van der Waals surface area contributed by atoms with E-state index in [1.54, 1.807) is 0 Å². The van der Waals surface area contributed by atoms with Gasteiger partial charge in [-0.25, -0.2) is 0 Å². The second-order valence-corrected chi connectivity index (χ2v) is 7.40. The van der Waals surface area contributed by atoms with E-state index in [0.717, 1.165) is 33.3 Å². The van der Waals surface area contributed by atoms with Crippen molar-refractivity contribution < 1.29 is 14.3 Å². The summed E-state index contributed by atoms with van der Waals surface area (Å²) in [7, 11) is 1.42. The van der Waals surface area contributed by atoms with Crippen LogP contribution >= 0.6 is 0 Å². The van der Waals surface area contributed by atoms with Crippen molar-refractivity contribution in [3.63, 3.8) is 0 Å². The zero-order chi connectivity index (χ0) is 20.9. The molecule has 0 saturated carbocycles. The van der Waals surface area contributed by atoms with E-state index in [0.29, 0.717) is 19.4 Å². The minimum absolute atomic E-state index is 0.204. The lowest BCUT2D eigenvalue weighted by molar-refractivity contribution is -0.140. The maximum atomic E-state index is 11.6. The number of hydrogen-bond donors (Lipinski definition) is 1. The number of benzene rings is 3. The van der Waals surface area contributed by atoms with E-state index in [4.69, 9.17) is 9.47 Å². The van der Waals surface area contributed by atoms with Crippen molar-refractivity contribution in [3.05, 3.63) is 89.6 Å². The molecule has 30 heavy (non-hydrogen) atoms. The Balaban J connectivity index is 1.67. The van der Waals surface area contributed by atoms with Crippen LogP contribution in [0.25, 0.3) is 22.0 Å². The number of aromatic amines is 1. The minimum atomic E-state index is -0.204. The molecule has 4 aromatic rings. The Morgan fingerprint density at radius 1 is 1.00 bits per heavy atom. The van der Waals surface area contributed by atoms with E-state index >= 15 is 0 Å². The number of aromatic nitrogens is 1. The largest absolute Gasteiger partial charge is 0.488 e. The number of carbonyl (C=O) groups excluding carboxylic acids is 1. The van der Waals surface area contributed by atoms with Crippen LogP contribution in [-0.4, -0.2) is 18.1 Å². The van der Waals surface area contributed by atoms with Crippen LogP contribution in [0.1, 0.15) is 23.1 Å². The standard InChI is InChI=1S/C26H25NO3/c1-18-5-3-4-6-22(18)17-30-25-11-7-19(8-12-26(28)29-2)15-23(25)20-9-10-24-21(16-20)13-14-27-24/h3-7,9-11,13-16,27H,8,12,17H2,1-2H3. The van der Waals surface area contributed by atoms with Gasteiger partial charge in [-0.15, -0.1) is 0 Å². The third kappa shape index (κ3) is 4.38. The van der Waals surface area contributed by atoms with Gasteiger partial charge in [-0.05, 0) is 71.3 Å². The Bertz CT molecular complexity index is 1180. The number of H-pyrrole nitrogens is 1. The van der Waals surface area contributed by atoms with Crippen molar-refractivity contribution in [1.82, 2.24) is 4.98 Å². The highest BCUT2D eigenvalue weighted by Crippen LogP contribution is 2.34. The molecule has 1 heterocycles. The number of nitrogens with one attached hydrogen (secondary N) is 1. The van der Waals surface area contributed by atoms with E-state index in [-0.39, 0.29) is 5.97 Å². The topological polar surface area (TPSA) is 51.3 Å². The molecular formula is C26H25NO3. The van der Waals surface area contributed by atoms with Gasteiger partial charge in [0.2, 0.25) is 0 Å². The summed E-state index contributed by atoms with van der Waals surface area (Å²) in [4.78, 5) is 14.8.